The summed E-state index contributed by atoms with van der Waals surface area (Å²) in [5.41, 5.74) is 0. The molecule has 0 radical (unpaired) electrons. The highest BCUT2D eigenvalue weighted by Gasteiger charge is 2.28. The topological polar surface area (TPSA) is 41.6 Å². The molecule has 82 valence electrons. The number of carbonyl (C=O) groups is 1. The summed E-state index contributed by atoms with van der Waals surface area (Å²) < 4.78 is 4.68. The van der Waals surface area contributed by atoms with Crippen molar-refractivity contribution in [1.29, 1.82) is 0 Å². The van der Waals surface area contributed by atoms with Crippen LogP contribution in [0.4, 0.5) is 0 Å². The predicted molar refractivity (Wildman–Crippen MR) is 55.1 cm³/mol. The van der Waals surface area contributed by atoms with Gasteiger partial charge in [0.15, 0.2) is 0 Å². The van der Waals surface area contributed by atoms with E-state index < -0.39 is 0 Å². The number of carbonyl (C=O) groups excluding carboxylic acids is 1. The Morgan fingerprint density at radius 3 is 2.86 bits per heavy atom. The monoisotopic (exact) mass is 200 g/mol. The van der Waals surface area contributed by atoms with Gasteiger partial charge in [0.2, 0.25) is 0 Å². The Labute approximate surface area is 85.6 Å². The maximum Gasteiger partial charge on any atom is 0.307 e. The molecule has 2 unspecified atom stereocenters. The summed E-state index contributed by atoms with van der Waals surface area (Å²) in [5.74, 6) is 0.447. The van der Waals surface area contributed by atoms with E-state index in [2.05, 4.69) is 22.0 Å². The Balaban J connectivity index is 2.41. The molecule has 0 bridgehead atoms. The molecule has 1 aliphatic heterocycles. The van der Waals surface area contributed by atoms with Crippen molar-refractivity contribution in [3.05, 3.63) is 0 Å². The number of methoxy groups -OCH3 is 1. The first-order valence-corrected chi connectivity index (χ1v) is 5.10. The standard InChI is InChI=1S/C10H20N2O2/c1-11-9(6-10(13)14-3)8-4-5-12(2)7-8/h8-9,11H,4-7H2,1-3H3. The molecule has 1 rings (SSSR count). The van der Waals surface area contributed by atoms with Crippen molar-refractivity contribution in [1.82, 2.24) is 10.2 Å². The lowest BCUT2D eigenvalue weighted by atomic mass is 9.96. The Morgan fingerprint density at radius 1 is 1.71 bits per heavy atom. The third kappa shape index (κ3) is 2.96. The van der Waals surface area contributed by atoms with Crippen molar-refractivity contribution < 1.29 is 9.53 Å². The van der Waals surface area contributed by atoms with Gasteiger partial charge in [0.1, 0.15) is 0 Å². The van der Waals surface area contributed by atoms with Crippen LogP contribution in [0.2, 0.25) is 0 Å². The summed E-state index contributed by atoms with van der Waals surface area (Å²) in [6.45, 7) is 2.20. The van der Waals surface area contributed by atoms with Crippen molar-refractivity contribution in [2.45, 2.75) is 18.9 Å². The van der Waals surface area contributed by atoms with Gasteiger partial charge in [-0.2, -0.15) is 0 Å². The Hall–Kier alpha value is -0.610. The summed E-state index contributed by atoms with van der Waals surface area (Å²) in [6.07, 6.45) is 1.64. The molecular formula is C10H20N2O2. The second kappa shape index (κ2) is 5.32. The van der Waals surface area contributed by atoms with E-state index in [9.17, 15) is 4.79 Å². The van der Waals surface area contributed by atoms with Crippen LogP contribution in [0, 0.1) is 5.92 Å². The zero-order valence-corrected chi connectivity index (χ0v) is 9.25. The van der Waals surface area contributed by atoms with Crippen molar-refractivity contribution >= 4 is 5.97 Å². The maximum absolute atomic E-state index is 11.1. The molecule has 4 nitrogen and oxygen atoms in total. The molecule has 1 heterocycles. The van der Waals surface area contributed by atoms with Crippen molar-refractivity contribution in [3.63, 3.8) is 0 Å². The van der Waals surface area contributed by atoms with E-state index >= 15 is 0 Å². The summed E-state index contributed by atoms with van der Waals surface area (Å²) in [4.78, 5) is 13.4. The number of likely N-dealkylation sites (tertiary alicyclic amines) is 1. The lowest BCUT2D eigenvalue weighted by Crippen LogP contribution is -2.37. The first-order chi connectivity index (χ1) is 6.67. The van der Waals surface area contributed by atoms with Crippen LogP contribution in [0.15, 0.2) is 0 Å². The Kier molecular flexibility index (Phi) is 4.35. The fourth-order valence-corrected chi connectivity index (χ4v) is 2.06. The molecule has 1 saturated heterocycles. The molecule has 0 aromatic rings. The van der Waals surface area contributed by atoms with Crippen LogP contribution in [0.1, 0.15) is 12.8 Å². The highest BCUT2D eigenvalue weighted by Crippen LogP contribution is 2.20. The highest BCUT2D eigenvalue weighted by molar-refractivity contribution is 5.69. The first kappa shape index (κ1) is 11.5. The summed E-state index contributed by atoms with van der Waals surface area (Å²) in [6, 6.07) is 0.257. The number of hydrogen-bond acceptors (Lipinski definition) is 4. The van der Waals surface area contributed by atoms with Gasteiger partial charge in [0, 0.05) is 12.6 Å². The SMILES string of the molecule is CNC(CC(=O)OC)C1CCN(C)C1. The molecular weight excluding hydrogens is 180 g/mol. The minimum Gasteiger partial charge on any atom is -0.469 e. The van der Waals surface area contributed by atoms with E-state index in [0.717, 1.165) is 13.1 Å². The van der Waals surface area contributed by atoms with Gasteiger partial charge in [-0.15, -0.1) is 0 Å². The molecule has 0 aromatic carbocycles. The van der Waals surface area contributed by atoms with Crippen LogP contribution in [0.5, 0.6) is 0 Å². The molecule has 1 N–H and O–H groups in total. The van der Waals surface area contributed by atoms with Crippen LogP contribution >= 0.6 is 0 Å². The van der Waals surface area contributed by atoms with Gasteiger partial charge in [0.05, 0.1) is 13.5 Å². The number of rotatable bonds is 4. The van der Waals surface area contributed by atoms with Gasteiger partial charge >= 0.3 is 5.97 Å². The van der Waals surface area contributed by atoms with Crippen LogP contribution in [0.25, 0.3) is 0 Å². The van der Waals surface area contributed by atoms with Crippen LogP contribution in [-0.4, -0.2) is 51.2 Å². The van der Waals surface area contributed by atoms with E-state index in [4.69, 9.17) is 0 Å². The van der Waals surface area contributed by atoms with Crippen molar-refractivity contribution in [2.24, 2.45) is 5.92 Å². The molecule has 0 aliphatic carbocycles. The van der Waals surface area contributed by atoms with Gasteiger partial charge in [-0.1, -0.05) is 0 Å². The normalized spacial score (nSPS) is 24.9. The first-order valence-electron chi connectivity index (χ1n) is 5.10. The van der Waals surface area contributed by atoms with Crippen LogP contribution in [0.3, 0.4) is 0 Å². The molecule has 0 saturated carbocycles. The van der Waals surface area contributed by atoms with E-state index in [0.29, 0.717) is 12.3 Å². The third-order valence-electron chi connectivity index (χ3n) is 2.98. The quantitative estimate of drug-likeness (QED) is 0.653. The molecule has 14 heavy (non-hydrogen) atoms. The minimum atomic E-state index is -0.126. The molecule has 1 fully saturated rings. The van der Waals surface area contributed by atoms with E-state index in [1.165, 1.54) is 13.5 Å². The van der Waals surface area contributed by atoms with Crippen LogP contribution < -0.4 is 5.32 Å². The van der Waals surface area contributed by atoms with Gasteiger partial charge in [-0.25, -0.2) is 0 Å². The second-order valence-corrected chi connectivity index (χ2v) is 3.99. The van der Waals surface area contributed by atoms with E-state index in [1.807, 2.05) is 7.05 Å². The number of nitrogens with one attached hydrogen (secondary N) is 1. The lowest BCUT2D eigenvalue weighted by Gasteiger charge is -2.21. The Morgan fingerprint density at radius 2 is 2.43 bits per heavy atom. The van der Waals surface area contributed by atoms with Crippen molar-refractivity contribution in [3.8, 4) is 0 Å². The second-order valence-electron chi connectivity index (χ2n) is 3.99. The van der Waals surface area contributed by atoms with Crippen LogP contribution in [-0.2, 0) is 9.53 Å². The minimum absolute atomic E-state index is 0.126. The number of ether oxygens (including phenoxy) is 1. The highest BCUT2D eigenvalue weighted by atomic mass is 16.5. The molecule has 0 spiro atoms. The predicted octanol–water partition coefficient (Wildman–Crippen LogP) is 0.0892. The van der Waals surface area contributed by atoms with Gasteiger partial charge < -0.3 is 15.0 Å². The van der Waals surface area contributed by atoms with Gasteiger partial charge in [-0.05, 0) is 33.0 Å². The fraction of sp³-hybridized carbons (Fsp3) is 0.900. The zero-order valence-electron chi connectivity index (χ0n) is 9.25. The molecule has 4 heteroatoms. The maximum atomic E-state index is 11.1. The van der Waals surface area contributed by atoms with Gasteiger partial charge in [0.25, 0.3) is 0 Å². The van der Waals surface area contributed by atoms with Gasteiger partial charge in [-0.3, -0.25) is 4.79 Å². The molecule has 2 atom stereocenters. The average Bonchev–Trinajstić information content (AvgIpc) is 2.60. The number of nitrogens with zero attached hydrogens (tertiary/aromatic N) is 1. The summed E-state index contributed by atoms with van der Waals surface area (Å²) in [7, 11) is 5.46. The van der Waals surface area contributed by atoms with Crippen molar-refractivity contribution in [2.75, 3.05) is 34.3 Å². The zero-order chi connectivity index (χ0) is 10.6. The molecule has 0 aromatic heterocycles. The number of esters is 1. The smallest absolute Gasteiger partial charge is 0.307 e. The summed E-state index contributed by atoms with van der Waals surface area (Å²) >= 11 is 0. The fourth-order valence-electron chi connectivity index (χ4n) is 2.06. The van der Waals surface area contributed by atoms with E-state index in [1.54, 1.807) is 0 Å². The van der Waals surface area contributed by atoms with E-state index in [-0.39, 0.29) is 12.0 Å². The molecule has 1 aliphatic rings. The summed E-state index contributed by atoms with van der Waals surface area (Å²) in [5, 5.41) is 3.20. The largest absolute Gasteiger partial charge is 0.469 e. The lowest BCUT2D eigenvalue weighted by molar-refractivity contribution is -0.141. The third-order valence-corrected chi connectivity index (χ3v) is 2.98. The molecule has 0 amide bonds. The number of hydrogen-bond donors (Lipinski definition) is 1. The Bertz CT molecular complexity index is 197. The average molecular weight is 200 g/mol.